The van der Waals surface area contributed by atoms with Gasteiger partial charge in [0.25, 0.3) is 0 Å². The highest BCUT2D eigenvalue weighted by molar-refractivity contribution is 14.0. The van der Waals surface area contributed by atoms with Crippen molar-refractivity contribution < 1.29 is 9.53 Å². The van der Waals surface area contributed by atoms with E-state index >= 15 is 0 Å². The molecular weight excluding hydrogens is 445 g/mol. The predicted molar refractivity (Wildman–Crippen MR) is 108 cm³/mol. The summed E-state index contributed by atoms with van der Waals surface area (Å²) in [6.45, 7) is 1.90. The number of carbonyl (C=O) groups excluding carboxylic acids is 1. The van der Waals surface area contributed by atoms with E-state index in [0.717, 1.165) is 5.69 Å². The number of aromatic nitrogens is 1. The van der Waals surface area contributed by atoms with Crippen LogP contribution in [0.1, 0.15) is 5.69 Å². The molecule has 0 spiro atoms. The molecule has 9 heteroatoms. The van der Waals surface area contributed by atoms with Crippen molar-refractivity contribution in [1.29, 1.82) is 0 Å². The van der Waals surface area contributed by atoms with Crippen LogP contribution >= 0.6 is 35.6 Å². The molecule has 0 aliphatic rings. The van der Waals surface area contributed by atoms with Crippen LogP contribution in [0.2, 0.25) is 5.02 Å². The van der Waals surface area contributed by atoms with E-state index in [1.54, 1.807) is 21.2 Å². The van der Waals surface area contributed by atoms with E-state index in [9.17, 15) is 4.79 Å². The number of aryl methyl sites for hydroxylation is 1. The number of amides is 1. The van der Waals surface area contributed by atoms with Crippen molar-refractivity contribution >= 4 is 47.4 Å². The first-order chi connectivity index (χ1) is 10.8. The average Bonchev–Trinajstić information content (AvgIpc) is 2.79. The van der Waals surface area contributed by atoms with Gasteiger partial charge in [-0.3, -0.25) is 4.79 Å². The standard InChI is InChI=1S/C15H26ClN5O2.HI/c1-19(2)14(22)9-18-15(17-6-7-23-5)21(4)11-13-8-12(16)10-20(13)3;/h8,10H,6-7,9,11H2,1-5H3,(H,17,18);1H. The number of halogens is 2. The quantitative estimate of drug-likeness (QED) is 0.283. The predicted octanol–water partition coefficient (Wildman–Crippen LogP) is 1.41. The Morgan fingerprint density at radius 3 is 2.58 bits per heavy atom. The summed E-state index contributed by atoms with van der Waals surface area (Å²) in [5.41, 5.74) is 1.05. The number of hydrogen-bond acceptors (Lipinski definition) is 3. The number of carbonyl (C=O) groups is 1. The van der Waals surface area contributed by atoms with Gasteiger partial charge >= 0.3 is 0 Å². The van der Waals surface area contributed by atoms with Crippen LogP contribution in [0.4, 0.5) is 0 Å². The lowest BCUT2D eigenvalue weighted by Gasteiger charge is -2.23. The van der Waals surface area contributed by atoms with Crippen LogP contribution < -0.4 is 5.32 Å². The zero-order valence-electron chi connectivity index (χ0n) is 14.9. The van der Waals surface area contributed by atoms with E-state index in [4.69, 9.17) is 16.3 Å². The van der Waals surface area contributed by atoms with Crippen molar-refractivity contribution in [3.05, 3.63) is 23.0 Å². The van der Waals surface area contributed by atoms with Crippen LogP contribution in [0.5, 0.6) is 0 Å². The molecule has 1 rings (SSSR count). The third kappa shape index (κ3) is 7.71. The number of aliphatic imine (C=N–C) groups is 1. The van der Waals surface area contributed by atoms with Crippen molar-refractivity contribution in [2.75, 3.05) is 47.9 Å². The van der Waals surface area contributed by atoms with Gasteiger partial charge in [0.15, 0.2) is 5.96 Å². The van der Waals surface area contributed by atoms with Crippen LogP contribution in [-0.2, 0) is 23.1 Å². The summed E-state index contributed by atoms with van der Waals surface area (Å²) in [4.78, 5) is 19.6. The summed E-state index contributed by atoms with van der Waals surface area (Å²) in [5.74, 6) is 0.598. The molecular formula is C15H27ClIN5O2. The molecule has 1 N–H and O–H groups in total. The minimum absolute atomic E-state index is 0. The molecule has 138 valence electrons. The minimum atomic E-state index is -0.0497. The molecule has 0 bridgehead atoms. The third-order valence-corrected chi connectivity index (χ3v) is 3.49. The maximum absolute atomic E-state index is 11.7. The first-order valence-corrected chi connectivity index (χ1v) is 7.72. The van der Waals surface area contributed by atoms with Crippen LogP contribution in [-0.4, -0.2) is 74.2 Å². The highest BCUT2D eigenvalue weighted by atomic mass is 127. The molecule has 1 amide bonds. The fourth-order valence-corrected chi connectivity index (χ4v) is 2.17. The van der Waals surface area contributed by atoms with E-state index in [-0.39, 0.29) is 36.4 Å². The van der Waals surface area contributed by atoms with Gasteiger partial charge in [-0.05, 0) is 6.07 Å². The summed E-state index contributed by atoms with van der Waals surface area (Å²) < 4.78 is 7.01. The van der Waals surface area contributed by atoms with E-state index in [1.165, 1.54) is 4.90 Å². The summed E-state index contributed by atoms with van der Waals surface area (Å²) >= 11 is 6.02. The van der Waals surface area contributed by atoms with Crippen LogP contribution in [0.25, 0.3) is 0 Å². The molecule has 1 aromatic heterocycles. The van der Waals surface area contributed by atoms with E-state index in [1.807, 2.05) is 35.8 Å². The molecule has 0 aliphatic heterocycles. The smallest absolute Gasteiger partial charge is 0.243 e. The molecule has 0 fully saturated rings. The number of nitrogens with one attached hydrogen (secondary N) is 1. The summed E-state index contributed by atoms with van der Waals surface area (Å²) in [6, 6.07) is 1.91. The van der Waals surface area contributed by atoms with E-state index in [2.05, 4.69) is 10.3 Å². The summed E-state index contributed by atoms with van der Waals surface area (Å²) in [6.07, 6.45) is 1.86. The third-order valence-electron chi connectivity index (χ3n) is 3.29. The van der Waals surface area contributed by atoms with Crippen LogP contribution in [0.3, 0.4) is 0 Å². The van der Waals surface area contributed by atoms with Gasteiger partial charge in [-0.1, -0.05) is 11.6 Å². The Labute approximate surface area is 166 Å². The molecule has 0 radical (unpaired) electrons. The zero-order chi connectivity index (χ0) is 17.4. The molecule has 0 saturated carbocycles. The number of rotatable bonds is 7. The highest BCUT2D eigenvalue weighted by Crippen LogP contribution is 2.14. The Bertz CT molecular complexity index is 548. The topological polar surface area (TPSA) is 62.1 Å². The van der Waals surface area contributed by atoms with E-state index < -0.39 is 0 Å². The van der Waals surface area contributed by atoms with Gasteiger partial charge in [0.05, 0.1) is 18.2 Å². The lowest BCUT2D eigenvalue weighted by atomic mass is 10.4. The normalized spacial score (nSPS) is 11.0. The van der Waals surface area contributed by atoms with Gasteiger partial charge in [0.2, 0.25) is 5.91 Å². The lowest BCUT2D eigenvalue weighted by molar-refractivity contribution is -0.127. The fourth-order valence-electron chi connectivity index (χ4n) is 1.90. The number of ether oxygens (including phenoxy) is 1. The molecule has 1 aromatic rings. The van der Waals surface area contributed by atoms with Gasteiger partial charge in [0, 0.05) is 53.7 Å². The van der Waals surface area contributed by atoms with E-state index in [0.29, 0.717) is 30.7 Å². The number of methoxy groups -OCH3 is 1. The number of hydrogen-bond donors (Lipinski definition) is 1. The first-order valence-electron chi connectivity index (χ1n) is 7.34. The minimum Gasteiger partial charge on any atom is -0.383 e. The van der Waals surface area contributed by atoms with Gasteiger partial charge < -0.3 is 24.4 Å². The highest BCUT2D eigenvalue weighted by Gasteiger charge is 2.11. The van der Waals surface area contributed by atoms with Crippen molar-refractivity contribution in [3.8, 4) is 0 Å². The van der Waals surface area contributed by atoms with Gasteiger partial charge in [-0.2, -0.15) is 0 Å². The Kier molecular flexibility index (Phi) is 11.1. The number of guanidine groups is 1. The van der Waals surface area contributed by atoms with Crippen LogP contribution in [0, 0.1) is 0 Å². The fraction of sp³-hybridized carbons (Fsp3) is 0.600. The van der Waals surface area contributed by atoms with Crippen molar-refractivity contribution in [3.63, 3.8) is 0 Å². The van der Waals surface area contributed by atoms with Crippen molar-refractivity contribution in [1.82, 2.24) is 19.7 Å². The zero-order valence-corrected chi connectivity index (χ0v) is 18.0. The molecule has 7 nitrogen and oxygen atoms in total. The molecule has 0 aliphatic carbocycles. The maximum atomic E-state index is 11.7. The molecule has 24 heavy (non-hydrogen) atoms. The SMILES string of the molecule is COCCNC(=NCC(=O)N(C)C)N(C)Cc1cc(Cl)cn1C.I. The number of likely N-dealkylation sites (N-methyl/N-ethyl adjacent to an activating group) is 1. The lowest BCUT2D eigenvalue weighted by Crippen LogP contribution is -2.41. The molecule has 1 heterocycles. The summed E-state index contributed by atoms with van der Waals surface area (Å²) in [7, 11) is 8.93. The monoisotopic (exact) mass is 471 g/mol. The van der Waals surface area contributed by atoms with Gasteiger partial charge in [0.1, 0.15) is 6.54 Å². The van der Waals surface area contributed by atoms with Crippen LogP contribution in [0.15, 0.2) is 17.3 Å². The first kappa shape index (κ1) is 23.0. The molecule has 0 saturated heterocycles. The van der Waals surface area contributed by atoms with Gasteiger partial charge in [-0.25, -0.2) is 4.99 Å². The number of nitrogens with zero attached hydrogens (tertiary/aromatic N) is 4. The Morgan fingerprint density at radius 1 is 1.42 bits per heavy atom. The Balaban J connectivity index is 0.00000529. The Hall–Kier alpha value is -1.000. The second-order valence-electron chi connectivity index (χ2n) is 5.46. The second kappa shape index (κ2) is 11.5. The second-order valence-corrected chi connectivity index (χ2v) is 5.90. The average molecular weight is 472 g/mol. The Morgan fingerprint density at radius 2 is 2.08 bits per heavy atom. The van der Waals surface area contributed by atoms with Crippen molar-refractivity contribution in [2.45, 2.75) is 6.54 Å². The van der Waals surface area contributed by atoms with Crippen molar-refractivity contribution in [2.24, 2.45) is 12.0 Å². The largest absolute Gasteiger partial charge is 0.383 e. The molecule has 0 atom stereocenters. The summed E-state index contributed by atoms with van der Waals surface area (Å²) in [5, 5.41) is 3.90. The van der Waals surface area contributed by atoms with Gasteiger partial charge in [-0.15, -0.1) is 24.0 Å². The molecule has 0 unspecified atom stereocenters. The molecule has 0 aromatic carbocycles. The maximum Gasteiger partial charge on any atom is 0.243 e.